The Kier molecular flexibility index (Phi) is 4.81. The van der Waals surface area contributed by atoms with Crippen LogP contribution < -0.4 is 5.32 Å². The van der Waals surface area contributed by atoms with E-state index >= 15 is 0 Å². The monoisotopic (exact) mass is 286 g/mol. The van der Waals surface area contributed by atoms with Gasteiger partial charge in [0.25, 0.3) is 5.91 Å². The molecule has 7 nitrogen and oxygen atoms in total. The van der Waals surface area contributed by atoms with E-state index in [1.54, 1.807) is 35.4 Å². The fraction of sp³-hybridized carbons (Fsp3) is 0.143. The van der Waals surface area contributed by atoms with Gasteiger partial charge in [-0.25, -0.2) is 14.8 Å². The average molecular weight is 286 g/mol. The van der Waals surface area contributed by atoms with Crippen LogP contribution in [0.2, 0.25) is 0 Å². The highest BCUT2D eigenvalue weighted by molar-refractivity contribution is 5.90. The van der Waals surface area contributed by atoms with E-state index in [9.17, 15) is 9.59 Å². The lowest BCUT2D eigenvalue weighted by molar-refractivity contribution is -0.124. The van der Waals surface area contributed by atoms with Gasteiger partial charge in [0.2, 0.25) is 0 Å². The number of esters is 1. The molecule has 108 valence electrons. The number of rotatable bonds is 6. The van der Waals surface area contributed by atoms with Gasteiger partial charge in [-0.2, -0.15) is 0 Å². The van der Waals surface area contributed by atoms with Gasteiger partial charge in [-0.1, -0.05) is 6.08 Å². The minimum atomic E-state index is -0.661. The van der Waals surface area contributed by atoms with Gasteiger partial charge in [-0.15, -0.1) is 6.58 Å². The number of ether oxygens (including phenoxy) is 1. The van der Waals surface area contributed by atoms with E-state index in [1.165, 1.54) is 12.3 Å². The summed E-state index contributed by atoms with van der Waals surface area (Å²) in [5.41, 5.74) is 0.850. The zero-order valence-electron chi connectivity index (χ0n) is 11.2. The summed E-state index contributed by atoms with van der Waals surface area (Å²) in [5, 5.41) is 2.51. The van der Waals surface area contributed by atoms with Gasteiger partial charge in [-0.3, -0.25) is 4.79 Å². The molecule has 0 atom stereocenters. The minimum Gasteiger partial charge on any atom is -0.451 e. The highest BCUT2D eigenvalue weighted by Gasteiger charge is 2.12. The van der Waals surface area contributed by atoms with Crippen LogP contribution in [0.4, 0.5) is 0 Å². The molecule has 0 spiro atoms. The van der Waals surface area contributed by atoms with Crippen molar-refractivity contribution in [3.63, 3.8) is 0 Å². The lowest BCUT2D eigenvalue weighted by Gasteiger charge is -2.06. The Morgan fingerprint density at radius 2 is 2.29 bits per heavy atom. The van der Waals surface area contributed by atoms with Crippen LogP contribution in [0.3, 0.4) is 0 Å². The number of carbonyl (C=O) groups is 2. The van der Waals surface area contributed by atoms with Crippen molar-refractivity contribution in [3.8, 4) is 5.69 Å². The first-order valence-corrected chi connectivity index (χ1v) is 6.20. The standard InChI is InChI=1S/C14H14N4O3/c1-2-4-17-13(19)9-21-14(20)12-8-11(3-5-16-12)18-7-6-15-10-18/h2-3,5-8,10H,1,4,9H2,(H,17,19). The maximum Gasteiger partial charge on any atom is 0.357 e. The Balaban J connectivity index is 1.98. The molecule has 7 heteroatoms. The Morgan fingerprint density at radius 3 is 3.00 bits per heavy atom. The van der Waals surface area contributed by atoms with Gasteiger partial charge in [-0.05, 0) is 12.1 Å². The van der Waals surface area contributed by atoms with Crippen LogP contribution in [0.15, 0.2) is 49.7 Å². The van der Waals surface area contributed by atoms with Gasteiger partial charge >= 0.3 is 5.97 Å². The molecule has 0 aromatic carbocycles. The lowest BCUT2D eigenvalue weighted by Crippen LogP contribution is -2.28. The molecule has 0 aliphatic carbocycles. The number of nitrogens with one attached hydrogen (secondary N) is 1. The van der Waals surface area contributed by atoms with Crippen molar-refractivity contribution in [1.29, 1.82) is 0 Å². The van der Waals surface area contributed by atoms with Crippen molar-refractivity contribution in [1.82, 2.24) is 19.9 Å². The first-order chi connectivity index (χ1) is 10.2. The summed E-state index contributed by atoms with van der Waals surface area (Å²) in [7, 11) is 0. The predicted octanol–water partition coefficient (Wildman–Crippen LogP) is 0.726. The van der Waals surface area contributed by atoms with Crippen molar-refractivity contribution >= 4 is 11.9 Å². The minimum absolute atomic E-state index is 0.123. The van der Waals surface area contributed by atoms with E-state index < -0.39 is 11.9 Å². The molecule has 0 saturated heterocycles. The second-order valence-corrected chi connectivity index (χ2v) is 4.04. The summed E-state index contributed by atoms with van der Waals surface area (Å²) in [6, 6.07) is 3.29. The molecule has 0 bridgehead atoms. The number of hydrogen-bond donors (Lipinski definition) is 1. The van der Waals surface area contributed by atoms with Gasteiger partial charge in [0.1, 0.15) is 5.69 Å². The molecule has 1 N–H and O–H groups in total. The van der Waals surface area contributed by atoms with Crippen LogP contribution in [0.25, 0.3) is 5.69 Å². The van der Waals surface area contributed by atoms with E-state index in [-0.39, 0.29) is 12.3 Å². The van der Waals surface area contributed by atoms with Crippen molar-refractivity contribution in [2.75, 3.05) is 13.2 Å². The molecule has 0 aliphatic rings. The Hall–Kier alpha value is -2.96. The van der Waals surface area contributed by atoms with Crippen molar-refractivity contribution in [2.45, 2.75) is 0 Å². The van der Waals surface area contributed by atoms with Crippen molar-refractivity contribution in [3.05, 3.63) is 55.4 Å². The Bertz CT molecular complexity index is 637. The summed E-state index contributed by atoms with van der Waals surface area (Å²) in [6.07, 6.45) is 8.00. The summed E-state index contributed by atoms with van der Waals surface area (Å²) < 4.78 is 6.62. The van der Waals surface area contributed by atoms with Crippen LogP contribution >= 0.6 is 0 Å². The lowest BCUT2D eigenvalue weighted by atomic mass is 10.3. The number of nitrogens with zero attached hydrogens (tertiary/aromatic N) is 3. The van der Waals surface area contributed by atoms with Gasteiger partial charge in [0.15, 0.2) is 6.61 Å². The highest BCUT2D eigenvalue weighted by atomic mass is 16.5. The highest BCUT2D eigenvalue weighted by Crippen LogP contribution is 2.08. The summed E-state index contributed by atoms with van der Waals surface area (Å²) in [5.74, 6) is -1.06. The number of hydrogen-bond acceptors (Lipinski definition) is 5. The zero-order chi connectivity index (χ0) is 15.1. The van der Waals surface area contributed by atoms with E-state index in [0.29, 0.717) is 6.54 Å². The maximum atomic E-state index is 11.8. The SMILES string of the molecule is C=CCNC(=O)COC(=O)c1cc(-n2ccnc2)ccn1. The normalized spacial score (nSPS) is 9.90. The fourth-order valence-electron chi connectivity index (χ4n) is 1.55. The topological polar surface area (TPSA) is 86.1 Å². The van der Waals surface area contributed by atoms with E-state index in [1.807, 2.05) is 0 Å². The van der Waals surface area contributed by atoms with Crippen LogP contribution in [0.1, 0.15) is 10.5 Å². The number of aromatic nitrogens is 3. The van der Waals surface area contributed by atoms with Gasteiger partial charge in [0.05, 0.1) is 12.0 Å². The first kappa shape index (κ1) is 14.4. The molecule has 0 fully saturated rings. The van der Waals surface area contributed by atoms with E-state index in [0.717, 1.165) is 5.69 Å². The third-order valence-electron chi connectivity index (χ3n) is 2.53. The quantitative estimate of drug-likeness (QED) is 0.625. The van der Waals surface area contributed by atoms with Crippen LogP contribution in [-0.2, 0) is 9.53 Å². The number of amides is 1. The summed E-state index contributed by atoms with van der Waals surface area (Å²) >= 11 is 0. The van der Waals surface area contributed by atoms with E-state index in [4.69, 9.17) is 4.74 Å². The third kappa shape index (κ3) is 4.00. The van der Waals surface area contributed by atoms with Crippen molar-refractivity contribution in [2.24, 2.45) is 0 Å². The second-order valence-electron chi connectivity index (χ2n) is 4.04. The first-order valence-electron chi connectivity index (χ1n) is 6.20. The molecule has 2 aromatic rings. The molecule has 0 aliphatic heterocycles. The molecule has 2 aromatic heterocycles. The molecule has 2 heterocycles. The largest absolute Gasteiger partial charge is 0.451 e. The molecular weight excluding hydrogens is 272 g/mol. The van der Waals surface area contributed by atoms with Gasteiger partial charge < -0.3 is 14.6 Å². The Labute approximate surface area is 121 Å². The smallest absolute Gasteiger partial charge is 0.357 e. The molecule has 0 unspecified atom stereocenters. The fourth-order valence-corrected chi connectivity index (χ4v) is 1.55. The molecule has 21 heavy (non-hydrogen) atoms. The van der Waals surface area contributed by atoms with Crippen LogP contribution in [-0.4, -0.2) is 39.6 Å². The zero-order valence-corrected chi connectivity index (χ0v) is 11.2. The summed E-state index contributed by atoms with van der Waals surface area (Å²) in [6.45, 7) is 3.44. The average Bonchev–Trinajstić information content (AvgIpc) is 3.05. The number of carbonyl (C=O) groups excluding carboxylic acids is 2. The predicted molar refractivity (Wildman–Crippen MR) is 74.8 cm³/mol. The molecule has 1 amide bonds. The second kappa shape index (κ2) is 6.99. The summed E-state index contributed by atoms with van der Waals surface area (Å²) in [4.78, 5) is 31.0. The molecule has 0 saturated carbocycles. The maximum absolute atomic E-state index is 11.8. The molecular formula is C14H14N4O3. The number of imidazole rings is 1. The van der Waals surface area contributed by atoms with Crippen molar-refractivity contribution < 1.29 is 14.3 Å². The van der Waals surface area contributed by atoms with Crippen LogP contribution in [0, 0.1) is 0 Å². The van der Waals surface area contributed by atoms with Gasteiger partial charge in [0, 0.05) is 25.1 Å². The van der Waals surface area contributed by atoms with Crippen LogP contribution in [0.5, 0.6) is 0 Å². The Morgan fingerprint density at radius 1 is 1.43 bits per heavy atom. The van der Waals surface area contributed by atoms with E-state index in [2.05, 4.69) is 21.9 Å². The molecule has 2 rings (SSSR count). The molecule has 0 radical (unpaired) electrons. The third-order valence-corrected chi connectivity index (χ3v) is 2.53. The number of pyridine rings is 1.